The van der Waals surface area contributed by atoms with Crippen molar-refractivity contribution in [1.82, 2.24) is 10.6 Å². The van der Waals surface area contributed by atoms with Gasteiger partial charge >= 0.3 is 0 Å². The van der Waals surface area contributed by atoms with Crippen LogP contribution in [0, 0.1) is 11.8 Å². The number of hydrogen-bond donors (Lipinski definition) is 2. The van der Waals surface area contributed by atoms with Crippen molar-refractivity contribution >= 4 is 0 Å². The van der Waals surface area contributed by atoms with E-state index < -0.39 is 0 Å². The van der Waals surface area contributed by atoms with Gasteiger partial charge < -0.3 is 15.4 Å². The summed E-state index contributed by atoms with van der Waals surface area (Å²) in [6.45, 7) is 1.95. The minimum absolute atomic E-state index is 0.323. The van der Waals surface area contributed by atoms with Gasteiger partial charge in [-0.05, 0) is 42.0 Å². The Morgan fingerprint density at radius 2 is 1.53 bits per heavy atom. The quantitative estimate of drug-likeness (QED) is 0.611. The summed E-state index contributed by atoms with van der Waals surface area (Å²) in [7, 11) is 1.75. The van der Waals surface area contributed by atoms with E-state index in [1.807, 2.05) is 12.1 Å². The number of methoxy groups -OCH3 is 1. The molecule has 3 aromatic carbocycles. The van der Waals surface area contributed by atoms with Crippen LogP contribution < -0.4 is 15.4 Å². The second kappa shape index (κ2) is 8.63. The van der Waals surface area contributed by atoms with Gasteiger partial charge in [0, 0.05) is 30.1 Å². The molecule has 1 saturated carbocycles. The molecule has 154 valence electrons. The molecule has 30 heavy (non-hydrogen) atoms. The van der Waals surface area contributed by atoms with Crippen LogP contribution in [0.25, 0.3) is 0 Å². The van der Waals surface area contributed by atoms with E-state index in [1.165, 1.54) is 23.1 Å². The summed E-state index contributed by atoms with van der Waals surface area (Å²) in [5.41, 5.74) is 3.98. The molecule has 2 N–H and O–H groups in total. The molecule has 1 saturated heterocycles. The van der Waals surface area contributed by atoms with Crippen LogP contribution in [0.1, 0.15) is 29.0 Å². The molecule has 3 nitrogen and oxygen atoms in total. The summed E-state index contributed by atoms with van der Waals surface area (Å²) < 4.78 is 5.58. The van der Waals surface area contributed by atoms with Crippen molar-refractivity contribution in [1.29, 1.82) is 0 Å². The summed E-state index contributed by atoms with van der Waals surface area (Å²) >= 11 is 0. The number of benzene rings is 3. The highest BCUT2D eigenvalue weighted by atomic mass is 16.5. The number of ether oxygens (including phenoxy) is 1. The van der Waals surface area contributed by atoms with Gasteiger partial charge in [-0.2, -0.15) is 0 Å². The second-order valence-corrected chi connectivity index (χ2v) is 8.61. The predicted octanol–water partition coefficient (Wildman–Crippen LogP) is 4.59. The Hall–Kier alpha value is -2.62. The number of piperidine rings is 1. The maximum atomic E-state index is 5.58. The Balaban J connectivity index is 1.45. The van der Waals surface area contributed by atoms with E-state index in [4.69, 9.17) is 4.74 Å². The molecular weight excluding hydrogens is 368 g/mol. The first-order chi connectivity index (χ1) is 14.8. The number of para-hydroxylation sites is 1. The normalized spacial score (nSPS) is 25.0. The van der Waals surface area contributed by atoms with Crippen molar-refractivity contribution in [2.24, 2.45) is 11.8 Å². The Kier molecular flexibility index (Phi) is 5.56. The molecule has 0 aromatic heterocycles. The number of hydrogen-bond acceptors (Lipinski definition) is 3. The summed E-state index contributed by atoms with van der Waals surface area (Å²) in [5, 5.41) is 7.86. The summed E-state index contributed by atoms with van der Waals surface area (Å²) in [4.78, 5) is 0. The lowest BCUT2D eigenvalue weighted by atomic mass is 9.79. The van der Waals surface area contributed by atoms with Crippen LogP contribution in [-0.2, 0) is 6.54 Å². The highest BCUT2D eigenvalue weighted by molar-refractivity contribution is 5.37. The van der Waals surface area contributed by atoms with Crippen molar-refractivity contribution in [2.75, 3.05) is 13.7 Å². The van der Waals surface area contributed by atoms with Crippen LogP contribution in [0.4, 0.5) is 0 Å². The highest BCUT2D eigenvalue weighted by Gasteiger charge is 2.51. The summed E-state index contributed by atoms with van der Waals surface area (Å²) in [5.74, 6) is 2.84. The van der Waals surface area contributed by atoms with Crippen molar-refractivity contribution < 1.29 is 4.74 Å². The maximum Gasteiger partial charge on any atom is 0.123 e. The third-order valence-corrected chi connectivity index (χ3v) is 6.84. The lowest BCUT2D eigenvalue weighted by Crippen LogP contribution is -2.56. The molecule has 0 spiro atoms. The molecule has 1 heterocycles. The Bertz CT molecular complexity index is 919. The second-order valence-electron chi connectivity index (χ2n) is 8.61. The zero-order valence-electron chi connectivity index (χ0n) is 17.5. The fourth-order valence-corrected chi connectivity index (χ4v) is 5.23. The lowest BCUT2D eigenvalue weighted by Gasteiger charge is -2.39. The molecule has 2 aliphatic rings. The smallest absolute Gasteiger partial charge is 0.123 e. The fourth-order valence-electron chi connectivity index (χ4n) is 5.23. The van der Waals surface area contributed by atoms with Crippen molar-refractivity contribution in [3.8, 4) is 5.75 Å². The number of fused-ring (bicyclic) bond motifs is 1. The number of rotatable bonds is 7. The first-order valence-corrected chi connectivity index (χ1v) is 11.0. The van der Waals surface area contributed by atoms with Crippen molar-refractivity contribution in [2.45, 2.75) is 31.0 Å². The first-order valence-electron chi connectivity index (χ1n) is 11.0. The van der Waals surface area contributed by atoms with Gasteiger partial charge in [0.2, 0.25) is 0 Å². The Morgan fingerprint density at radius 3 is 2.20 bits per heavy atom. The topological polar surface area (TPSA) is 33.3 Å². The van der Waals surface area contributed by atoms with Gasteiger partial charge in [-0.15, -0.1) is 0 Å². The molecule has 3 heteroatoms. The van der Waals surface area contributed by atoms with Crippen LogP contribution in [-0.4, -0.2) is 25.7 Å². The van der Waals surface area contributed by atoms with E-state index in [1.54, 1.807) is 7.11 Å². The van der Waals surface area contributed by atoms with Crippen LogP contribution in [0.3, 0.4) is 0 Å². The molecule has 2 fully saturated rings. The van der Waals surface area contributed by atoms with E-state index in [9.17, 15) is 0 Å². The predicted molar refractivity (Wildman–Crippen MR) is 122 cm³/mol. The van der Waals surface area contributed by atoms with E-state index in [-0.39, 0.29) is 0 Å². The van der Waals surface area contributed by atoms with Gasteiger partial charge in [-0.25, -0.2) is 0 Å². The molecule has 0 radical (unpaired) electrons. The van der Waals surface area contributed by atoms with Crippen LogP contribution in [0.5, 0.6) is 5.75 Å². The summed E-state index contributed by atoms with van der Waals surface area (Å²) in [6.07, 6.45) is 1.32. The monoisotopic (exact) mass is 398 g/mol. The van der Waals surface area contributed by atoms with E-state index in [0.717, 1.165) is 30.7 Å². The molecule has 5 rings (SSSR count). The molecule has 4 unspecified atom stereocenters. The van der Waals surface area contributed by atoms with Gasteiger partial charge in [-0.3, -0.25) is 0 Å². The average molecular weight is 399 g/mol. The zero-order valence-corrected chi connectivity index (χ0v) is 17.5. The molecule has 4 atom stereocenters. The van der Waals surface area contributed by atoms with E-state index in [2.05, 4.69) is 83.4 Å². The minimum Gasteiger partial charge on any atom is -0.496 e. The minimum atomic E-state index is 0.323. The SMILES string of the molecule is COc1ccccc1CNC1C2CC2CNC1C(c1ccccc1)c1ccccc1. The molecular formula is C27H30N2O. The standard InChI is InChI=1S/C27H30N2O/c1-30-24-15-9-8-14-21(24)17-28-26-23-16-22(23)18-29-27(26)25(19-10-4-2-5-11-19)20-12-6-3-7-13-20/h2-15,22-23,25-29H,16-18H2,1H3. The molecule has 0 amide bonds. The van der Waals surface area contributed by atoms with E-state index in [0.29, 0.717) is 18.0 Å². The average Bonchev–Trinajstić information content (AvgIpc) is 3.60. The summed E-state index contributed by atoms with van der Waals surface area (Å²) in [6, 6.07) is 31.0. The molecule has 3 aromatic rings. The maximum absolute atomic E-state index is 5.58. The van der Waals surface area contributed by atoms with Gasteiger partial charge in [0.05, 0.1) is 7.11 Å². The molecule has 0 bridgehead atoms. The lowest BCUT2D eigenvalue weighted by molar-refractivity contribution is 0.264. The van der Waals surface area contributed by atoms with Gasteiger partial charge in [0.1, 0.15) is 5.75 Å². The zero-order chi connectivity index (χ0) is 20.3. The van der Waals surface area contributed by atoms with Crippen molar-refractivity contribution in [3.05, 3.63) is 102 Å². The van der Waals surface area contributed by atoms with Crippen LogP contribution >= 0.6 is 0 Å². The van der Waals surface area contributed by atoms with Gasteiger partial charge in [0.25, 0.3) is 0 Å². The largest absolute Gasteiger partial charge is 0.496 e. The third-order valence-electron chi connectivity index (χ3n) is 6.84. The van der Waals surface area contributed by atoms with Gasteiger partial charge in [0.15, 0.2) is 0 Å². The third kappa shape index (κ3) is 3.88. The van der Waals surface area contributed by atoms with Crippen molar-refractivity contribution in [3.63, 3.8) is 0 Å². The highest BCUT2D eigenvalue weighted by Crippen LogP contribution is 2.47. The van der Waals surface area contributed by atoms with E-state index >= 15 is 0 Å². The Labute approximate surface area is 179 Å². The molecule has 1 aliphatic heterocycles. The fraction of sp³-hybridized carbons (Fsp3) is 0.333. The van der Waals surface area contributed by atoms with Crippen LogP contribution in [0.2, 0.25) is 0 Å². The van der Waals surface area contributed by atoms with Gasteiger partial charge in [-0.1, -0.05) is 78.9 Å². The Morgan fingerprint density at radius 1 is 0.900 bits per heavy atom. The first kappa shape index (κ1) is 19.3. The number of nitrogens with one attached hydrogen (secondary N) is 2. The molecule has 1 aliphatic carbocycles. The van der Waals surface area contributed by atoms with Crippen LogP contribution in [0.15, 0.2) is 84.9 Å².